The molecule has 31 heavy (non-hydrogen) atoms. The first-order valence-electron chi connectivity index (χ1n) is 10.1. The number of carbonyl (C=O) groups excluding carboxylic acids is 2. The summed E-state index contributed by atoms with van der Waals surface area (Å²) in [6, 6.07) is 14.9. The van der Waals surface area contributed by atoms with Crippen LogP contribution in [0, 0.1) is 11.5 Å². The number of thiophene rings is 1. The lowest BCUT2D eigenvalue weighted by atomic mass is 10.0. The number of amides is 2. The lowest BCUT2D eigenvalue weighted by Crippen LogP contribution is -2.48. The van der Waals surface area contributed by atoms with Crippen LogP contribution in [-0.2, 0) is 22.4 Å². The Bertz CT molecular complexity index is 1280. The summed E-state index contributed by atoms with van der Waals surface area (Å²) in [5, 5.41) is 16.3. The van der Waals surface area contributed by atoms with Gasteiger partial charge in [0.15, 0.2) is 6.19 Å². The monoisotopic (exact) mass is 430 g/mol. The number of nitrogens with one attached hydrogen (secondary N) is 2. The van der Waals surface area contributed by atoms with Gasteiger partial charge in [-0.1, -0.05) is 36.4 Å². The molecule has 156 valence electrons. The maximum absolute atomic E-state index is 13.0. The Labute approximate surface area is 184 Å². The van der Waals surface area contributed by atoms with Crippen LogP contribution in [-0.4, -0.2) is 34.3 Å². The summed E-state index contributed by atoms with van der Waals surface area (Å²) in [5.41, 5.74) is 2.82. The van der Waals surface area contributed by atoms with E-state index >= 15 is 0 Å². The van der Waals surface area contributed by atoms with Gasteiger partial charge >= 0.3 is 0 Å². The molecule has 4 aromatic rings. The van der Waals surface area contributed by atoms with Gasteiger partial charge in [0, 0.05) is 34.8 Å². The van der Waals surface area contributed by atoms with Crippen molar-refractivity contribution in [2.45, 2.75) is 25.8 Å². The van der Waals surface area contributed by atoms with E-state index in [-0.39, 0.29) is 18.9 Å². The van der Waals surface area contributed by atoms with Gasteiger partial charge in [0.25, 0.3) is 5.91 Å². The minimum Gasteiger partial charge on any atom is -0.361 e. The molecule has 1 unspecified atom stereocenters. The normalized spacial score (nSPS) is 11.9. The van der Waals surface area contributed by atoms with Crippen LogP contribution in [0.5, 0.6) is 0 Å². The second kappa shape index (κ2) is 9.02. The molecule has 7 heteroatoms. The number of fused-ring (bicyclic) bond motifs is 2. The predicted octanol–water partition coefficient (Wildman–Crippen LogP) is 3.98. The van der Waals surface area contributed by atoms with Crippen LogP contribution in [0.2, 0.25) is 0 Å². The quantitative estimate of drug-likeness (QED) is 0.343. The molecule has 2 amide bonds. The second-order valence-corrected chi connectivity index (χ2v) is 8.21. The molecule has 0 spiro atoms. The third-order valence-electron chi connectivity index (χ3n) is 5.35. The lowest BCUT2D eigenvalue weighted by Gasteiger charge is -2.21. The number of para-hydroxylation sites is 1. The van der Waals surface area contributed by atoms with Gasteiger partial charge in [0.05, 0.1) is 6.42 Å². The highest BCUT2D eigenvalue weighted by Crippen LogP contribution is 2.27. The first-order chi connectivity index (χ1) is 15.1. The van der Waals surface area contributed by atoms with Crippen molar-refractivity contribution in [2.75, 3.05) is 6.54 Å². The number of nitriles is 1. The Balaban J connectivity index is 1.57. The molecular weight excluding hydrogens is 408 g/mol. The van der Waals surface area contributed by atoms with E-state index in [4.69, 9.17) is 0 Å². The van der Waals surface area contributed by atoms with Crippen molar-refractivity contribution in [1.29, 1.82) is 5.26 Å². The van der Waals surface area contributed by atoms with Gasteiger partial charge in [-0.15, -0.1) is 11.3 Å². The number of hydrogen-bond donors (Lipinski definition) is 2. The smallest absolute Gasteiger partial charge is 0.258 e. The van der Waals surface area contributed by atoms with Gasteiger partial charge < -0.3 is 10.3 Å². The zero-order chi connectivity index (χ0) is 21.8. The highest BCUT2D eigenvalue weighted by Gasteiger charge is 2.27. The average Bonchev–Trinajstić information content (AvgIpc) is 3.38. The highest BCUT2D eigenvalue weighted by atomic mass is 32.1. The van der Waals surface area contributed by atoms with Crippen LogP contribution in [0.1, 0.15) is 18.1 Å². The summed E-state index contributed by atoms with van der Waals surface area (Å²) in [5.74, 6) is -0.649. The minimum absolute atomic E-state index is 0.150. The zero-order valence-electron chi connectivity index (χ0n) is 17.1. The lowest BCUT2D eigenvalue weighted by molar-refractivity contribution is -0.133. The summed E-state index contributed by atoms with van der Waals surface area (Å²) >= 11 is 1.60. The first kappa shape index (κ1) is 20.6. The highest BCUT2D eigenvalue weighted by molar-refractivity contribution is 7.17. The number of nitrogens with zero attached hydrogens (tertiary/aromatic N) is 2. The average molecular weight is 431 g/mol. The van der Waals surface area contributed by atoms with Crippen molar-refractivity contribution >= 4 is 44.1 Å². The van der Waals surface area contributed by atoms with Crippen LogP contribution >= 0.6 is 11.3 Å². The zero-order valence-corrected chi connectivity index (χ0v) is 17.9. The molecule has 0 aliphatic rings. The van der Waals surface area contributed by atoms with Crippen LogP contribution in [0.15, 0.2) is 60.1 Å². The third kappa shape index (κ3) is 4.30. The maximum atomic E-state index is 13.0. The summed E-state index contributed by atoms with van der Waals surface area (Å²) in [4.78, 5) is 30.1. The van der Waals surface area contributed by atoms with Crippen molar-refractivity contribution in [3.8, 4) is 6.19 Å². The molecule has 2 heterocycles. The summed E-state index contributed by atoms with van der Waals surface area (Å²) in [7, 11) is 0. The Hall–Kier alpha value is -3.63. The van der Waals surface area contributed by atoms with Gasteiger partial charge in [-0.25, -0.2) is 4.90 Å². The van der Waals surface area contributed by atoms with E-state index < -0.39 is 11.9 Å². The molecule has 2 N–H and O–H groups in total. The SMILES string of the molecule is CCN(C#N)C(=O)C(Cc1csc2ccccc12)NC(=O)Cc1c[nH]c2ccccc12. The van der Waals surface area contributed by atoms with Gasteiger partial charge in [0.2, 0.25) is 5.91 Å². The number of H-pyrrole nitrogens is 1. The molecule has 0 saturated heterocycles. The van der Waals surface area contributed by atoms with Crippen molar-refractivity contribution in [3.63, 3.8) is 0 Å². The molecule has 0 bridgehead atoms. The Kier molecular flexibility index (Phi) is 6.01. The molecule has 4 rings (SSSR count). The Morgan fingerprint density at radius 2 is 1.87 bits per heavy atom. The fourth-order valence-electron chi connectivity index (χ4n) is 3.77. The number of benzene rings is 2. The van der Waals surface area contributed by atoms with Gasteiger partial charge in [0.1, 0.15) is 6.04 Å². The maximum Gasteiger partial charge on any atom is 0.258 e. The molecule has 0 aliphatic heterocycles. The molecule has 2 aromatic heterocycles. The predicted molar refractivity (Wildman–Crippen MR) is 122 cm³/mol. The van der Waals surface area contributed by atoms with E-state index in [1.165, 1.54) is 0 Å². The van der Waals surface area contributed by atoms with E-state index in [0.717, 1.165) is 37.0 Å². The van der Waals surface area contributed by atoms with Crippen LogP contribution in [0.25, 0.3) is 21.0 Å². The van der Waals surface area contributed by atoms with Gasteiger partial charge in [-0.05, 0) is 40.9 Å². The third-order valence-corrected chi connectivity index (χ3v) is 6.36. The summed E-state index contributed by atoms with van der Waals surface area (Å²) in [6.07, 6.45) is 4.23. The number of carbonyl (C=O) groups is 2. The standard InChI is InChI=1S/C24H22N4O2S/c1-2-28(15-25)24(30)21(11-17-14-31-22-10-6-4-8-19(17)22)27-23(29)12-16-13-26-20-9-5-3-7-18(16)20/h3-10,13-14,21,26H,2,11-12H2,1H3,(H,27,29). The summed E-state index contributed by atoms with van der Waals surface area (Å²) in [6.45, 7) is 2.00. The molecule has 0 fully saturated rings. The van der Waals surface area contributed by atoms with E-state index in [2.05, 4.69) is 10.3 Å². The first-order valence-corrected chi connectivity index (χ1v) is 11.0. The minimum atomic E-state index is -0.810. The van der Waals surface area contributed by atoms with Crippen molar-refractivity contribution < 1.29 is 9.59 Å². The fraction of sp³-hybridized carbons (Fsp3) is 0.208. The van der Waals surface area contributed by atoms with E-state index in [9.17, 15) is 14.9 Å². The number of rotatable bonds is 7. The van der Waals surface area contributed by atoms with Crippen LogP contribution in [0.4, 0.5) is 0 Å². The fourth-order valence-corrected chi connectivity index (χ4v) is 4.75. The van der Waals surface area contributed by atoms with E-state index in [0.29, 0.717) is 6.42 Å². The van der Waals surface area contributed by atoms with E-state index in [1.54, 1.807) is 18.3 Å². The largest absolute Gasteiger partial charge is 0.361 e. The molecular formula is C24H22N4O2S. The van der Waals surface area contributed by atoms with Crippen LogP contribution in [0.3, 0.4) is 0 Å². The van der Waals surface area contributed by atoms with Gasteiger partial charge in [-0.2, -0.15) is 5.26 Å². The molecule has 0 saturated carbocycles. The summed E-state index contributed by atoms with van der Waals surface area (Å²) < 4.78 is 1.13. The molecule has 1 atom stereocenters. The topological polar surface area (TPSA) is 89.0 Å². The second-order valence-electron chi connectivity index (χ2n) is 7.30. The number of aromatic amines is 1. The van der Waals surface area contributed by atoms with E-state index in [1.807, 2.05) is 66.3 Å². The van der Waals surface area contributed by atoms with Gasteiger partial charge in [-0.3, -0.25) is 9.59 Å². The number of likely N-dealkylation sites (N-methyl/N-ethyl adjacent to an activating group) is 1. The van der Waals surface area contributed by atoms with Crippen molar-refractivity contribution in [3.05, 3.63) is 71.2 Å². The van der Waals surface area contributed by atoms with Crippen molar-refractivity contribution in [1.82, 2.24) is 15.2 Å². The Morgan fingerprint density at radius 3 is 2.65 bits per heavy atom. The Morgan fingerprint density at radius 1 is 1.13 bits per heavy atom. The molecule has 0 aliphatic carbocycles. The number of aromatic nitrogens is 1. The molecule has 2 aromatic carbocycles. The van der Waals surface area contributed by atoms with Crippen LogP contribution < -0.4 is 5.32 Å². The molecule has 0 radical (unpaired) electrons. The number of hydrogen-bond acceptors (Lipinski definition) is 4. The van der Waals surface area contributed by atoms with Crippen molar-refractivity contribution in [2.24, 2.45) is 0 Å². The molecule has 6 nitrogen and oxygen atoms in total.